The third-order valence-corrected chi connectivity index (χ3v) is 6.06. The van der Waals surface area contributed by atoms with E-state index in [0.29, 0.717) is 16.6 Å². The van der Waals surface area contributed by atoms with Crippen LogP contribution in [0.15, 0.2) is 64.5 Å². The van der Waals surface area contributed by atoms with Crippen molar-refractivity contribution in [2.24, 2.45) is 0 Å². The van der Waals surface area contributed by atoms with Gasteiger partial charge < -0.3 is 15.6 Å². The number of aryl methyl sites for hydroxylation is 1. The molecule has 2 aromatic carbocycles. The Hall–Kier alpha value is -3.39. The number of fused-ring (bicyclic) bond motifs is 1. The fourth-order valence-electron chi connectivity index (χ4n) is 3.54. The Kier molecular flexibility index (Phi) is 6.18. The predicted molar refractivity (Wildman–Crippen MR) is 121 cm³/mol. The molecule has 0 saturated carbocycles. The van der Waals surface area contributed by atoms with Gasteiger partial charge in [0.2, 0.25) is 11.8 Å². The van der Waals surface area contributed by atoms with Gasteiger partial charge in [0.1, 0.15) is 5.82 Å². The van der Waals surface area contributed by atoms with E-state index in [4.69, 9.17) is 0 Å². The summed E-state index contributed by atoms with van der Waals surface area (Å²) < 4.78 is 0. The molecular weight excluding hydrogens is 412 g/mol. The first-order valence-electron chi connectivity index (χ1n) is 10.0. The highest BCUT2D eigenvalue weighted by atomic mass is 32.2. The van der Waals surface area contributed by atoms with Crippen molar-refractivity contribution in [3.63, 3.8) is 0 Å². The van der Waals surface area contributed by atoms with Gasteiger partial charge in [0.25, 0.3) is 5.56 Å². The molecule has 0 bridgehead atoms. The highest BCUT2D eigenvalue weighted by Gasteiger charge is 2.35. The molecule has 2 heterocycles. The molecule has 8 heteroatoms. The zero-order chi connectivity index (χ0) is 21.8. The lowest BCUT2D eigenvalue weighted by atomic mass is 9.92. The van der Waals surface area contributed by atoms with E-state index < -0.39 is 17.4 Å². The van der Waals surface area contributed by atoms with Gasteiger partial charge in [0.15, 0.2) is 5.16 Å². The molecule has 0 spiro atoms. The van der Waals surface area contributed by atoms with Crippen molar-refractivity contribution in [2.45, 2.75) is 36.6 Å². The summed E-state index contributed by atoms with van der Waals surface area (Å²) in [5, 5.41) is 5.92. The van der Waals surface area contributed by atoms with Gasteiger partial charge in [-0.05, 0) is 23.6 Å². The van der Waals surface area contributed by atoms with Crippen molar-refractivity contribution in [1.29, 1.82) is 0 Å². The number of hydrogen-bond donors (Lipinski definition) is 3. The minimum atomic E-state index is -0.905. The zero-order valence-corrected chi connectivity index (χ0v) is 17.8. The fraction of sp³-hybridized carbons (Fsp3) is 0.217. The topological polar surface area (TPSA) is 104 Å². The van der Waals surface area contributed by atoms with Crippen LogP contribution in [0.25, 0.3) is 0 Å². The SMILES string of the molecule is CCc1ccccc1NC(=O)[C@H]1CC(=O)Nc2nc(SCc3ccccc3)[nH]c(=O)c21. The number of carbonyl (C=O) groups is 2. The van der Waals surface area contributed by atoms with Crippen molar-refractivity contribution in [3.05, 3.63) is 81.6 Å². The molecule has 1 atom stereocenters. The van der Waals surface area contributed by atoms with Gasteiger partial charge in [0, 0.05) is 17.9 Å². The molecule has 4 rings (SSSR count). The zero-order valence-electron chi connectivity index (χ0n) is 17.0. The van der Waals surface area contributed by atoms with Crippen LogP contribution in [-0.2, 0) is 21.8 Å². The number of hydrogen-bond acceptors (Lipinski definition) is 5. The first-order valence-corrected chi connectivity index (χ1v) is 11.0. The molecule has 0 radical (unpaired) electrons. The summed E-state index contributed by atoms with van der Waals surface area (Å²) in [7, 11) is 0. The standard InChI is InChI=1S/C23H22N4O3S/c1-2-15-10-6-7-11-17(15)24-21(29)16-12-18(28)25-20-19(16)22(30)27-23(26-20)31-13-14-8-4-3-5-9-14/h3-11,16H,2,12-13H2,1H3,(H,24,29)(H2,25,26,27,28,30)/t16-/m0/s1. The van der Waals surface area contributed by atoms with Gasteiger partial charge in [-0.15, -0.1) is 0 Å². The molecule has 0 fully saturated rings. The lowest BCUT2D eigenvalue weighted by molar-refractivity contribution is -0.123. The van der Waals surface area contributed by atoms with Crippen LogP contribution in [0.3, 0.4) is 0 Å². The van der Waals surface area contributed by atoms with E-state index in [-0.39, 0.29) is 23.7 Å². The molecular formula is C23H22N4O3S. The molecule has 31 heavy (non-hydrogen) atoms. The minimum absolute atomic E-state index is 0.103. The molecule has 2 amide bonds. The first-order chi connectivity index (χ1) is 15.0. The average molecular weight is 435 g/mol. The van der Waals surface area contributed by atoms with Crippen molar-refractivity contribution in [1.82, 2.24) is 9.97 Å². The summed E-state index contributed by atoms with van der Waals surface area (Å²) in [6.45, 7) is 2.00. The van der Waals surface area contributed by atoms with E-state index in [1.807, 2.05) is 61.5 Å². The third kappa shape index (κ3) is 4.69. The number of anilines is 2. The number of carbonyl (C=O) groups excluding carboxylic acids is 2. The van der Waals surface area contributed by atoms with Crippen LogP contribution in [0.4, 0.5) is 11.5 Å². The molecule has 0 unspecified atom stereocenters. The van der Waals surface area contributed by atoms with Gasteiger partial charge in [-0.2, -0.15) is 0 Å². The highest BCUT2D eigenvalue weighted by molar-refractivity contribution is 7.98. The van der Waals surface area contributed by atoms with Gasteiger partial charge in [-0.25, -0.2) is 4.98 Å². The number of H-pyrrole nitrogens is 1. The van der Waals surface area contributed by atoms with Crippen LogP contribution >= 0.6 is 11.8 Å². The number of amides is 2. The van der Waals surface area contributed by atoms with E-state index >= 15 is 0 Å². The maximum atomic E-state index is 13.0. The molecule has 1 aromatic heterocycles. The number of aromatic amines is 1. The van der Waals surface area contributed by atoms with Crippen LogP contribution in [0.5, 0.6) is 0 Å². The smallest absolute Gasteiger partial charge is 0.257 e. The van der Waals surface area contributed by atoms with Crippen LogP contribution in [0, 0.1) is 0 Å². The van der Waals surface area contributed by atoms with Gasteiger partial charge in [-0.1, -0.05) is 67.2 Å². The van der Waals surface area contributed by atoms with E-state index in [2.05, 4.69) is 20.6 Å². The van der Waals surface area contributed by atoms with E-state index in [1.54, 1.807) is 0 Å². The summed E-state index contributed by atoms with van der Waals surface area (Å²) in [4.78, 5) is 45.3. The third-order valence-electron chi connectivity index (χ3n) is 5.12. The Morgan fingerprint density at radius 2 is 1.87 bits per heavy atom. The fourth-order valence-corrected chi connectivity index (χ4v) is 4.36. The second-order valence-electron chi connectivity index (χ2n) is 7.21. The minimum Gasteiger partial charge on any atom is -0.325 e. The summed E-state index contributed by atoms with van der Waals surface area (Å²) >= 11 is 1.36. The molecule has 7 nitrogen and oxygen atoms in total. The molecule has 0 aliphatic carbocycles. The summed E-state index contributed by atoms with van der Waals surface area (Å²) in [6, 6.07) is 17.3. The van der Waals surface area contributed by atoms with Gasteiger partial charge in [-0.3, -0.25) is 14.4 Å². The van der Waals surface area contributed by atoms with Gasteiger partial charge in [0.05, 0.1) is 11.5 Å². The maximum absolute atomic E-state index is 13.0. The second-order valence-corrected chi connectivity index (χ2v) is 8.18. The Morgan fingerprint density at radius 1 is 1.13 bits per heavy atom. The Balaban J connectivity index is 1.59. The molecule has 1 aliphatic heterocycles. The van der Waals surface area contributed by atoms with Crippen molar-refractivity contribution < 1.29 is 9.59 Å². The number of rotatable bonds is 6. The monoisotopic (exact) mass is 434 g/mol. The number of para-hydroxylation sites is 1. The molecule has 158 valence electrons. The largest absolute Gasteiger partial charge is 0.325 e. The Labute approximate surface area is 183 Å². The normalized spacial score (nSPS) is 15.1. The van der Waals surface area contributed by atoms with Gasteiger partial charge >= 0.3 is 0 Å². The van der Waals surface area contributed by atoms with Crippen molar-refractivity contribution in [2.75, 3.05) is 10.6 Å². The van der Waals surface area contributed by atoms with Crippen LogP contribution in [-0.4, -0.2) is 21.8 Å². The average Bonchev–Trinajstić information content (AvgIpc) is 2.78. The number of nitrogens with one attached hydrogen (secondary N) is 3. The number of benzene rings is 2. The molecule has 3 aromatic rings. The van der Waals surface area contributed by atoms with E-state index in [9.17, 15) is 14.4 Å². The first kappa shape index (κ1) is 20.9. The van der Waals surface area contributed by atoms with Crippen LogP contribution in [0.2, 0.25) is 0 Å². The number of nitrogens with zero attached hydrogens (tertiary/aromatic N) is 1. The summed E-state index contributed by atoms with van der Waals surface area (Å²) in [5.74, 6) is -0.867. The van der Waals surface area contributed by atoms with E-state index in [1.165, 1.54) is 11.8 Å². The van der Waals surface area contributed by atoms with Crippen molar-refractivity contribution in [3.8, 4) is 0 Å². The van der Waals surface area contributed by atoms with Crippen LogP contribution < -0.4 is 16.2 Å². The van der Waals surface area contributed by atoms with E-state index in [0.717, 1.165) is 17.5 Å². The highest BCUT2D eigenvalue weighted by Crippen LogP contribution is 2.31. The predicted octanol–water partition coefficient (Wildman–Crippen LogP) is 3.69. The summed E-state index contributed by atoms with van der Waals surface area (Å²) in [5.41, 5.74) is 2.53. The maximum Gasteiger partial charge on any atom is 0.257 e. The second kappa shape index (κ2) is 9.18. The lowest BCUT2D eigenvalue weighted by Gasteiger charge is -2.24. The number of thioether (sulfide) groups is 1. The lowest BCUT2D eigenvalue weighted by Crippen LogP contribution is -2.36. The molecule has 1 aliphatic rings. The number of aromatic nitrogens is 2. The Morgan fingerprint density at radius 3 is 2.65 bits per heavy atom. The Bertz CT molecular complexity index is 1180. The molecule has 3 N–H and O–H groups in total. The molecule has 0 saturated heterocycles. The summed E-state index contributed by atoms with van der Waals surface area (Å²) in [6.07, 6.45) is 0.650. The quantitative estimate of drug-likeness (QED) is 0.405. The van der Waals surface area contributed by atoms with Crippen LogP contribution in [0.1, 0.15) is 36.0 Å². The van der Waals surface area contributed by atoms with Crippen molar-refractivity contribution >= 4 is 35.1 Å².